The summed E-state index contributed by atoms with van der Waals surface area (Å²) in [6.07, 6.45) is 1.58. The predicted molar refractivity (Wildman–Crippen MR) is 99.9 cm³/mol. The summed E-state index contributed by atoms with van der Waals surface area (Å²) in [7, 11) is 0. The summed E-state index contributed by atoms with van der Waals surface area (Å²) in [5.41, 5.74) is 2.15. The first-order chi connectivity index (χ1) is 11.7. The maximum absolute atomic E-state index is 6.02. The van der Waals surface area contributed by atoms with E-state index in [4.69, 9.17) is 11.6 Å². The van der Waals surface area contributed by atoms with Gasteiger partial charge in [0.2, 0.25) is 0 Å². The zero-order chi connectivity index (χ0) is 16.8. The maximum Gasteiger partial charge on any atom is 0.135 e. The summed E-state index contributed by atoms with van der Waals surface area (Å²) < 4.78 is 0. The molecule has 4 nitrogen and oxygen atoms in total. The normalized spacial score (nSPS) is 10.4. The molecule has 0 fully saturated rings. The third kappa shape index (κ3) is 4.24. The molecule has 0 spiro atoms. The fourth-order valence-electron chi connectivity index (χ4n) is 2.46. The minimum absolute atomic E-state index is 0.688. The highest BCUT2D eigenvalue weighted by molar-refractivity contribution is 6.30. The number of aromatic nitrogens is 2. The van der Waals surface area contributed by atoms with Gasteiger partial charge in [-0.05, 0) is 30.7 Å². The van der Waals surface area contributed by atoms with E-state index >= 15 is 0 Å². The summed E-state index contributed by atoms with van der Waals surface area (Å²) in [6.45, 7) is 3.79. The molecule has 0 atom stereocenters. The van der Waals surface area contributed by atoms with E-state index in [0.717, 1.165) is 30.4 Å². The van der Waals surface area contributed by atoms with Crippen molar-refractivity contribution in [3.63, 3.8) is 0 Å². The standard InChI is InChI=1S/C19H19ClN4/c1-2-24(13-15-7-4-3-5-8-15)19-12-18(21-14-22-19)23-17-10-6-9-16(20)11-17/h3-12,14H,2,13H2,1H3,(H,21,22,23). The van der Waals surface area contributed by atoms with Crippen LogP contribution in [0.25, 0.3) is 0 Å². The number of hydrogen-bond acceptors (Lipinski definition) is 4. The van der Waals surface area contributed by atoms with Crippen LogP contribution in [-0.2, 0) is 6.54 Å². The summed E-state index contributed by atoms with van der Waals surface area (Å²) >= 11 is 6.02. The van der Waals surface area contributed by atoms with Gasteiger partial charge in [-0.25, -0.2) is 9.97 Å². The molecule has 0 saturated carbocycles. The lowest BCUT2D eigenvalue weighted by Gasteiger charge is -2.22. The lowest BCUT2D eigenvalue weighted by molar-refractivity contribution is 0.810. The van der Waals surface area contributed by atoms with Crippen molar-refractivity contribution in [2.75, 3.05) is 16.8 Å². The van der Waals surface area contributed by atoms with Crippen LogP contribution in [-0.4, -0.2) is 16.5 Å². The number of nitrogens with one attached hydrogen (secondary N) is 1. The third-order valence-electron chi connectivity index (χ3n) is 3.67. The van der Waals surface area contributed by atoms with E-state index < -0.39 is 0 Å². The van der Waals surface area contributed by atoms with Crippen LogP contribution in [0.15, 0.2) is 67.0 Å². The fraction of sp³-hybridized carbons (Fsp3) is 0.158. The highest BCUT2D eigenvalue weighted by Crippen LogP contribution is 2.22. The first-order valence-corrected chi connectivity index (χ1v) is 8.26. The fourth-order valence-corrected chi connectivity index (χ4v) is 2.65. The van der Waals surface area contributed by atoms with Crippen molar-refractivity contribution >= 4 is 28.9 Å². The first-order valence-electron chi connectivity index (χ1n) is 7.88. The lowest BCUT2D eigenvalue weighted by Crippen LogP contribution is -2.23. The Morgan fingerprint density at radius 1 is 1.00 bits per heavy atom. The van der Waals surface area contributed by atoms with Crippen molar-refractivity contribution in [1.29, 1.82) is 0 Å². The second-order valence-corrected chi connectivity index (χ2v) is 5.83. The summed E-state index contributed by atoms with van der Waals surface area (Å²) in [5, 5.41) is 3.95. The monoisotopic (exact) mass is 338 g/mol. The van der Waals surface area contributed by atoms with Gasteiger partial charge in [-0.3, -0.25) is 0 Å². The number of nitrogens with zero attached hydrogens (tertiary/aromatic N) is 3. The van der Waals surface area contributed by atoms with Crippen LogP contribution in [0.1, 0.15) is 12.5 Å². The van der Waals surface area contributed by atoms with Gasteiger partial charge in [0.1, 0.15) is 18.0 Å². The van der Waals surface area contributed by atoms with Gasteiger partial charge in [0, 0.05) is 29.9 Å². The Bertz CT molecular complexity index is 792. The van der Waals surface area contributed by atoms with E-state index in [-0.39, 0.29) is 0 Å². The molecule has 1 N–H and O–H groups in total. The maximum atomic E-state index is 6.02. The summed E-state index contributed by atoms with van der Waals surface area (Å²) in [4.78, 5) is 10.9. The molecule has 0 saturated heterocycles. The predicted octanol–water partition coefficient (Wildman–Crippen LogP) is 4.90. The van der Waals surface area contributed by atoms with Crippen molar-refractivity contribution < 1.29 is 0 Å². The van der Waals surface area contributed by atoms with Crippen molar-refractivity contribution in [3.8, 4) is 0 Å². The Balaban J connectivity index is 1.78. The van der Waals surface area contributed by atoms with Crippen molar-refractivity contribution in [1.82, 2.24) is 9.97 Å². The van der Waals surface area contributed by atoms with Crippen molar-refractivity contribution in [2.24, 2.45) is 0 Å². The number of anilines is 3. The van der Waals surface area contributed by atoms with Crippen LogP contribution < -0.4 is 10.2 Å². The summed E-state index contributed by atoms with van der Waals surface area (Å²) in [6, 6.07) is 19.9. The molecule has 2 aromatic carbocycles. The topological polar surface area (TPSA) is 41.0 Å². The number of rotatable bonds is 6. The van der Waals surface area contributed by atoms with Gasteiger partial charge in [0.05, 0.1) is 0 Å². The van der Waals surface area contributed by atoms with Crippen molar-refractivity contribution in [2.45, 2.75) is 13.5 Å². The molecule has 0 aliphatic rings. The molecule has 122 valence electrons. The van der Waals surface area contributed by atoms with Crippen LogP contribution >= 0.6 is 11.6 Å². The molecule has 0 amide bonds. The van der Waals surface area contributed by atoms with Gasteiger partial charge >= 0.3 is 0 Å². The molecule has 0 aliphatic carbocycles. The van der Waals surface area contributed by atoms with E-state index in [0.29, 0.717) is 5.02 Å². The molecular weight excluding hydrogens is 320 g/mol. The van der Waals surface area contributed by atoms with Crippen LogP contribution in [0.4, 0.5) is 17.3 Å². The second kappa shape index (κ2) is 7.79. The Morgan fingerprint density at radius 3 is 2.58 bits per heavy atom. The first kappa shape index (κ1) is 16.3. The SMILES string of the molecule is CCN(Cc1ccccc1)c1cc(Nc2cccc(Cl)c2)ncn1. The van der Waals surface area contributed by atoms with Gasteiger partial charge in [-0.1, -0.05) is 48.0 Å². The van der Waals surface area contributed by atoms with Crippen LogP contribution in [0.5, 0.6) is 0 Å². The van der Waals surface area contributed by atoms with Gasteiger partial charge in [0.25, 0.3) is 0 Å². The Kier molecular flexibility index (Phi) is 5.29. The van der Waals surface area contributed by atoms with Gasteiger partial charge in [-0.2, -0.15) is 0 Å². The van der Waals surface area contributed by atoms with Gasteiger partial charge in [0.15, 0.2) is 0 Å². The smallest absolute Gasteiger partial charge is 0.135 e. The van der Waals surface area contributed by atoms with E-state index in [2.05, 4.69) is 51.4 Å². The molecule has 1 heterocycles. The molecule has 5 heteroatoms. The van der Waals surface area contributed by atoms with E-state index in [1.807, 2.05) is 36.4 Å². The molecule has 24 heavy (non-hydrogen) atoms. The molecule has 1 aromatic heterocycles. The average molecular weight is 339 g/mol. The van der Waals surface area contributed by atoms with Crippen molar-refractivity contribution in [3.05, 3.63) is 77.6 Å². The zero-order valence-electron chi connectivity index (χ0n) is 13.5. The Labute approximate surface area is 147 Å². The minimum atomic E-state index is 0.688. The lowest BCUT2D eigenvalue weighted by atomic mass is 10.2. The highest BCUT2D eigenvalue weighted by atomic mass is 35.5. The molecule has 3 aromatic rings. The molecular formula is C19H19ClN4. The van der Waals surface area contributed by atoms with E-state index in [1.165, 1.54) is 5.56 Å². The third-order valence-corrected chi connectivity index (χ3v) is 3.91. The molecule has 0 bridgehead atoms. The Hall–Kier alpha value is -2.59. The molecule has 0 unspecified atom stereocenters. The highest BCUT2D eigenvalue weighted by Gasteiger charge is 2.08. The van der Waals surface area contributed by atoms with Gasteiger partial charge < -0.3 is 10.2 Å². The van der Waals surface area contributed by atoms with E-state index in [1.54, 1.807) is 6.33 Å². The van der Waals surface area contributed by atoms with Crippen LogP contribution in [0.2, 0.25) is 5.02 Å². The largest absolute Gasteiger partial charge is 0.352 e. The number of benzene rings is 2. The number of halogens is 1. The van der Waals surface area contributed by atoms with Gasteiger partial charge in [-0.15, -0.1) is 0 Å². The molecule has 0 aliphatic heterocycles. The average Bonchev–Trinajstić information content (AvgIpc) is 2.61. The minimum Gasteiger partial charge on any atom is -0.352 e. The zero-order valence-corrected chi connectivity index (χ0v) is 14.2. The second-order valence-electron chi connectivity index (χ2n) is 5.40. The van der Waals surface area contributed by atoms with Crippen LogP contribution in [0, 0.1) is 0 Å². The van der Waals surface area contributed by atoms with Crippen LogP contribution in [0.3, 0.4) is 0 Å². The number of hydrogen-bond donors (Lipinski definition) is 1. The molecule has 0 radical (unpaired) electrons. The van der Waals surface area contributed by atoms with E-state index in [9.17, 15) is 0 Å². The quantitative estimate of drug-likeness (QED) is 0.694. The molecule has 3 rings (SSSR count). The summed E-state index contributed by atoms with van der Waals surface area (Å²) in [5.74, 6) is 1.63. The Morgan fingerprint density at radius 2 is 1.83 bits per heavy atom.